The van der Waals surface area contributed by atoms with E-state index in [-0.39, 0.29) is 11.6 Å². The van der Waals surface area contributed by atoms with Crippen LogP contribution in [0.3, 0.4) is 0 Å². The monoisotopic (exact) mass is 382 g/mol. The van der Waals surface area contributed by atoms with Crippen molar-refractivity contribution in [2.75, 3.05) is 13.7 Å². The number of aromatic amines is 1. The summed E-state index contributed by atoms with van der Waals surface area (Å²) in [6.45, 7) is 4.25. The van der Waals surface area contributed by atoms with Crippen LogP contribution in [0.25, 0.3) is 11.5 Å². The number of furan rings is 1. The number of H-pyrrole nitrogens is 1. The third-order valence-electron chi connectivity index (χ3n) is 4.28. The summed E-state index contributed by atoms with van der Waals surface area (Å²) in [5, 5.41) is 2.83. The second-order valence-corrected chi connectivity index (χ2v) is 6.13. The predicted octanol–water partition coefficient (Wildman–Crippen LogP) is 3.53. The molecule has 7 heteroatoms. The normalized spacial score (nSPS) is 11.7. The molecule has 28 heavy (non-hydrogen) atoms. The van der Waals surface area contributed by atoms with Crippen LogP contribution in [0.2, 0.25) is 0 Å². The average molecular weight is 382 g/mol. The van der Waals surface area contributed by atoms with Crippen LogP contribution in [-0.2, 0) is 0 Å². The maximum Gasteiger partial charge on any atom is 0.261 e. The maximum atomic E-state index is 12.6. The van der Waals surface area contributed by atoms with Gasteiger partial charge in [-0.25, -0.2) is 0 Å². The van der Waals surface area contributed by atoms with E-state index in [1.807, 2.05) is 19.9 Å². The Kier molecular flexibility index (Phi) is 5.84. The first kappa shape index (κ1) is 19.3. The molecule has 0 spiro atoms. The molecule has 0 aliphatic carbocycles. The van der Waals surface area contributed by atoms with Gasteiger partial charge in [0.05, 0.1) is 31.7 Å². The molecule has 0 saturated heterocycles. The van der Waals surface area contributed by atoms with E-state index in [0.29, 0.717) is 29.6 Å². The van der Waals surface area contributed by atoms with E-state index in [1.165, 1.54) is 12.3 Å². The fourth-order valence-corrected chi connectivity index (χ4v) is 2.81. The van der Waals surface area contributed by atoms with Gasteiger partial charge in [-0.2, -0.15) is 0 Å². The van der Waals surface area contributed by atoms with E-state index in [1.54, 1.807) is 37.4 Å². The van der Waals surface area contributed by atoms with Crippen molar-refractivity contribution in [1.82, 2.24) is 10.3 Å². The van der Waals surface area contributed by atoms with Gasteiger partial charge < -0.3 is 24.2 Å². The van der Waals surface area contributed by atoms with Gasteiger partial charge in [0.1, 0.15) is 11.3 Å². The second kappa shape index (κ2) is 8.47. The average Bonchev–Trinajstić information content (AvgIpc) is 3.23. The third kappa shape index (κ3) is 4.09. The van der Waals surface area contributed by atoms with E-state index in [4.69, 9.17) is 13.9 Å². The molecule has 0 fully saturated rings. The molecule has 1 aromatic carbocycles. The van der Waals surface area contributed by atoms with Crippen LogP contribution in [-0.4, -0.2) is 24.6 Å². The smallest absolute Gasteiger partial charge is 0.261 e. The maximum absolute atomic E-state index is 12.6. The summed E-state index contributed by atoms with van der Waals surface area (Å²) in [4.78, 5) is 27.5. The lowest BCUT2D eigenvalue weighted by atomic mass is 10.1. The van der Waals surface area contributed by atoms with Crippen molar-refractivity contribution in [3.05, 3.63) is 70.2 Å². The molecule has 7 nitrogen and oxygen atoms in total. The Labute approximate surface area is 162 Å². The number of pyridine rings is 1. The Morgan fingerprint density at radius 3 is 2.68 bits per heavy atom. The molecule has 0 bridgehead atoms. The van der Waals surface area contributed by atoms with Crippen LogP contribution in [0.4, 0.5) is 0 Å². The molecule has 146 valence electrons. The highest BCUT2D eigenvalue weighted by molar-refractivity contribution is 5.94. The van der Waals surface area contributed by atoms with E-state index >= 15 is 0 Å². The molecule has 0 saturated carbocycles. The van der Waals surface area contributed by atoms with Crippen LogP contribution >= 0.6 is 0 Å². The minimum absolute atomic E-state index is 0.0278. The number of methoxy groups -OCH3 is 1. The molecule has 0 unspecified atom stereocenters. The minimum atomic E-state index is -0.483. The fraction of sp³-hybridized carbons (Fsp3) is 0.238. The molecular formula is C21H22N2O5. The summed E-state index contributed by atoms with van der Waals surface area (Å²) >= 11 is 0. The molecule has 3 aromatic rings. The molecular weight excluding hydrogens is 360 g/mol. The van der Waals surface area contributed by atoms with Gasteiger partial charge in [0, 0.05) is 0 Å². The van der Waals surface area contributed by atoms with Gasteiger partial charge >= 0.3 is 0 Å². The number of benzene rings is 1. The van der Waals surface area contributed by atoms with Crippen molar-refractivity contribution in [2.24, 2.45) is 0 Å². The van der Waals surface area contributed by atoms with Crippen molar-refractivity contribution in [3.63, 3.8) is 0 Å². The number of aromatic nitrogens is 1. The number of rotatable bonds is 7. The number of hydrogen-bond donors (Lipinski definition) is 2. The zero-order valence-electron chi connectivity index (χ0n) is 15.9. The summed E-state index contributed by atoms with van der Waals surface area (Å²) in [6.07, 6.45) is 1.51. The van der Waals surface area contributed by atoms with E-state index in [9.17, 15) is 9.59 Å². The molecule has 1 atom stereocenters. The van der Waals surface area contributed by atoms with Crippen LogP contribution in [0.5, 0.6) is 11.5 Å². The molecule has 0 aliphatic heterocycles. The number of amides is 1. The molecule has 1 amide bonds. The highest BCUT2D eigenvalue weighted by atomic mass is 16.5. The fourth-order valence-electron chi connectivity index (χ4n) is 2.81. The molecule has 2 N–H and O–H groups in total. The van der Waals surface area contributed by atoms with Crippen LogP contribution in [0.15, 0.2) is 57.9 Å². The SMILES string of the molecule is CCOc1ccc([C@H](C)NC(=O)c2ccc(-c3ccco3)[nH]c2=O)cc1OC. The Morgan fingerprint density at radius 2 is 2.04 bits per heavy atom. The van der Waals surface area contributed by atoms with E-state index in [0.717, 1.165) is 5.56 Å². The standard InChI is InChI=1S/C21H22N2O5/c1-4-27-18-10-7-14(12-19(18)26-3)13(2)22-20(24)15-8-9-16(23-21(15)25)17-6-5-11-28-17/h5-13H,4H2,1-3H3,(H,22,24)(H,23,25)/t13-/m0/s1. The zero-order chi connectivity index (χ0) is 20.1. The molecule has 3 rings (SSSR count). The Balaban J connectivity index is 1.76. The highest BCUT2D eigenvalue weighted by Crippen LogP contribution is 2.30. The summed E-state index contributed by atoms with van der Waals surface area (Å²) in [5.41, 5.74) is 0.885. The van der Waals surface area contributed by atoms with Gasteiger partial charge in [0.25, 0.3) is 11.5 Å². The molecule has 2 heterocycles. The lowest BCUT2D eigenvalue weighted by Gasteiger charge is -2.17. The molecule has 2 aromatic heterocycles. The first-order chi connectivity index (χ1) is 13.5. The van der Waals surface area contributed by atoms with Gasteiger partial charge in [0.2, 0.25) is 0 Å². The number of carbonyl (C=O) groups is 1. The van der Waals surface area contributed by atoms with Crippen molar-refractivity contribution in [3.8, 4) is 23.0 Å². The second-order valence-electron chi connectivity index (χ2n) is 6.13. The minimum Gasteiger partial charge on any atom is -0.493 e. The summed E-state index contributed by atoms with van der Waals surface area (Å²) < 4.78 is 16.1. The summed E-state index contributed by atoms with van der Waals surface area (Å²) in [7, 11) is 1.56. The number of ether oxygens (including phenoxy) is 2. The third-order valence-corrected chi connectivity index (χ3v) is 4.28. The van der Waals surface area contributed by atoms with Crippen molar-refractivity contribution >= 4 is 5.91 Å². The Morgan fingerprint density at radius 1 is 1.21 bits per heavy atom. The number of nitrogens with one attached hydrogen (secondary N) is 2. The summed E-state index contributed by atoms with van der Waals surface area (Å²) in [5.74, 6) is 1.28. The molecule has 0 radical (unpaired) electrons. The first-order valence-corrected chi connectivity index (χ1v) is 8.92. The molecule has 0 aliphatic rings. The predicted molar refractivity (Wildman–Crippen MR) is 105 cm³/mol. The number of hydrogen-bond acceptors (Lipinski definition) is 5. The Bertz CT molecular complexity index is 1010. The first-order valence-electron chi connectivity index (χ1n) is 8.92. The van der Waals surface area contributed by atoms with Gasteiger partial charge in [-0.05, 0) is 55.8 Å². The van der Waals surface area contributed by atoms with Crippen molar-refractivity contribution < 1.29 is 18.7 Å². The van der Waals surface area contributed by atoms with Gasteiger partial charge in [-0.3, -0.25) is 9.59 Å². The number of carbonyl (C=O) groups excluding carboxylic acids is 1. The highest BCUT2D eigenvalue weighted by Gasteiger charge is 2.17. The van der Waals surface area contributed by atoms with E-state index < -0.39 is 11.5 Å². The lowest BCUT2D eigenvalue weighted by molar-refractivity contribution is 0.0938. The van der Waals surface area contributed by atoms with E-state index in [2.05, 4.69) is 10.3 Å². The topological polar surface area (TPSA) is 93.6 Å². The van der Waals surface area contributed by atoms with Crippen LogP contribution < -0.4 is 20.3 Å². The van der Waals surface area contributed by atoms with Crippen LogP contribution in [0.1, 0.15) is 35.8 Å². The van der Waals surface area contributed by atoms with Crippen molar-refractivity contribution in [2.45, 2.75) is 19.9 Å². The van der Waals surface area contributed by atoms with Gasteiger partial charge in [-0.15, -0.1) is 0 Å². The zero-order valence-corrected chi connectivity index (χ0v) is 15.9. The lowest BCUT2D eigenvalue weighted by Crippen LogP contribution is -2.31. The summed E-state index contributed by atoms with van der Waals surface area (Å²) in [6, 6.07) is 11.7. The van der Waals surface area contributed by atoms with Crippen molar-refractivity contribution in [1.29, 1.82) is 0 Å². The van der Waals surface area contributed by atoms with Crippen LogP contribution in [0, 0.1) is 0 Å². The van der Waals surface area contributed by atoms with Gasteiger partial charge in [-0.1, -0.05) is 6.07 Å². The van der Waals surface area contributed by atoms with Gasteiger partial charge in [0.15, 0.2) is 11.5 Å². The Hall–Kier alpha value is -3.48. The largest absolute Gasteiger partial charge is 0.493 e. The quantitative estimate of drug-likeness (QED) is 0.652.